The Kier molecular flexibility index (Phi) is 6.21. The Balaban J connectivity index is 0.00000192. The lowest BCUT2D eigenvalue weighted by molar-refractivity contribution is 1.66. The molecule has 0 N–H and O–H groups in total. The molecule has 0 unspecified atom stereocenters. The molecule has 3 rings (SSSR count). The second-order valence-electron chi connectivity index (χ2n) is 5.29. The Morgan fingerprint density at radius 2 is 0.913 bits per heavy atom. The van der Waals surface area contributed by atoms with Crippen molar-refractivity contribution in [3.05, 3.63) is 104 Å². The summed E-state index contributed by atoms with van der Waals surface area (Å²) in [6, 6.07) is 32.7. The van der Waals surface area contributed by atoms with Crippen molar-refractivity contribution in [1.29, 1.82) is 0 Å². The molecule has 0 aliphatic heterocycles. The summed E-state index contributed by atoms with van der Waals surface area (Å²) in [6.07, 6.45) is 3.05. The van der Waals surface area contributed by atoms with E-state index < -0.39 is 7.26 Å². The zero-order valence-corrected chi connectivity index (χ0v) is 15.0. The summed E-state index contributed by atoms with van der Waals surface area (Å²) in [5.74, 6) is 0. The largest absolute Gasteiger partial charge is 0.197 e. The van der Waals surface area contributed by atoms with Crippen LogP contribution in [-0.4, -0.2) is 6.16 Å². The van der Waals surface area contributed by atoms with Gasteiger partial charge in [-0.3, -0.25) is 0 Å². The molecule has 116 valence electrons. The van der Waals surface area contributed by atoms with Crippen LogP contribution in [0, 0.1) is 0 Å². The maximum atomic E-state index is 4.05. The van der Waals surface area contributed by atoms with E-state index in [-0.39, 0.29) is 13.5 Å². The zero-order valence-electron chi connectivity index (χ0n) is 13.1. The lowest BCUT2D eigenvalue weighted by atomic mass is 10.4. The van der Waals surface area contributed by atoms with Gasteiger partial charge in [0.05, 0.1) is 6.16 Å². The Morgan fingerprint density at radius 3 is 1.17 bits per heavy atom. The van der Waals surface area contributed by atoms with Crippen LogP contribution in [0.2, 0.25) is 0 Å². The molecule has 0 atom stereocenters. The second-order valence-corrected chi connectivity index (χ2v) is 8.82. The highest BCUT2D eigenvalue weighted by molar-refractivity contribution is 7.95. The topological polar surface area (TPSA) is 0 Å². The maximum Gasteiger partial charge on any atom is 0.115 e. The van der Waals surface area contributed by atoms with Gasteiger partial charge in [0, 0.05) is 0 Å². The fourth-order valence-corrected chi connectivity index (χ4v) is 6.96. The molecule has 0 spiro atoms. The van der Waals surface area contributed by atoms with E-state index in [4.69, 9.17) is 0 Å². The fourth-order valence-electron chi connectivity index (χ4n) is 3.00. The molecule has 0 saturated heterocycles. The predicted octanol–water partition coefficient (Wildman–Crippen LogP) is 4.28. The number of rotatable bonds is 5. The van der Waals surface area contributed by atoms with Crippen LogP contribution < -0.4 is 15.9 Å². The molecule has 0 bridgehead atoms. The molecule has 0 heterocycles. The van der Waals surface area contributed by atoms with Gasteiger partial charge in [-0.1, -0.05) is 67.3 Å². The molecular formula is C21H22PS+. The standard InChI is InChI=1S/C21H20P.H2S/c1-2-18-22(19-12-6-3-7-13-19,20-14-8-4-9-15-20)21-16-10-5-11-17-21;/h2-17H,1,18H2;1H2/q+1;. The van der Waals surface area contributed by atoms with Gasteiger partial charge < -0.3 is 0 Å². The van der Waals surface area contributed by atoms with E-state index in [1.54, 1.807) is 0 Å². The highest BCUT2D eigenvalue weighted by Crippen LogP contribution is 2.55. The molecule has 23 heavy (non-hydrogen) atoms. The number of hydrogen-bond acceptors (Lipinski definition) is 0. The number of hydrogen-bond donors (Lipinski definition) is 0. The lowest BCUT2D eigenvalue weighted by Crippen LogP contribution is -2.32. The quantitative estimate of drug-likeness (QED) is 0.481. The van der Waals surface area contributed by atoms with Crippen LogP contribution in [0.25, 0.3) is 0 Å². The van der Waals surface area contributed by atoms with Crippen LogP contribution in [0.5, 0.6) is 0 Å². The Bertz CT molecular complexity index is 627. The summed E-state index contributed by atoms with van der Waals surface area (Å²) in [6.45, 7) is 4.05. The fraction of sp³-hybridized carbons (Fsp3) is 0.0476. The van der Waals surface area contributed by atoms with Gasteiger partial charge in [-0.2, -0.15) is 13.5 Å². The molecule has 3 aromatic rings. The van der Waals surface area contributed by atoms with Gasteiger partial charge in [0.15, 0.2) is 0 Å². The van der Waals surface area contributed by atoms with Crippen molar-refractivity contribution in [1.82, 2.24) is 0 Å². The van der Waals surface area contributed by atoms with E-state index in [9.17, 15) is 0 Å². The smallest absolute Gasteiger partial charge is 0.115 e. The van der Waals surface area contributed by atoms with E-state index >= 15 is 0 Å². The third-order valence-electron chi connectivity index (χ3n) is 3.99. The van der Waals surface area contributed by atoms with Crippen LogP contribution in [0.4, 0.5) is 0 Å². The van der Waals surface area contributed by atoms with E-state index in [2.05, 4.69) is 104 Å². The van der Waals surface area contributed by atoms with Gasteiger partial charge >= 0.3 is 0 Å². The van der Waals surface area contributed by atoms with E-state index in [0.29, 0.717) is 0 Å². The molecule has 0 aliphatic rings. The average molecular weight is 337 g/mol. The van der Waals surface area contributed by atoms with Crippen LogP contribution in [-0.2, 0) is 0 Å². The van der Waals surface area contributed by atoms with E-state index in [1.165, 1.54) is 15.9 Å². The first-order valence-corrected chi connectivity index (χ1v) is 9.51. The van der Waals surface area contributed by atoms with Crippen LogP contribution >= 0.6 is 20.8 Å². The van der Waals surface area contributed by atoms with Crippen LogP contribution in [0.3, 0.4) is 0 Å². The first kappa shape index (κ1) is 17.5. The molecule has 0 aromatic heterocycles. The monoisotopic (exact) mass is 337 g/mol. The van der Waals surface area contributed by atoms with Gasteiger partial charge in [0.1, 0.15) is 23.2 Å². The highest BCUT2D eigenvalue weighted by atomic mass is 32.1. The minimum Gasteiger partial charge on any atom is -0.197 e. The maximum absolute atomic E-state index is 4.05. The molecule has 0 saturated carbocycles. The number of benzene rings is 3. The van der Waals surface area contributed by atoms with Crippen molar-refractivity contribution >= 4 is 36.7 Å². The van der Waals surface area contributed by atoms with Crippen molar-refractivity contribution in [3.63, 3.8) is 0 Å². The van der Waals surface area contributed by atoms with Gasteiger partial charge in [0.2, 0.25) is 0 Å². The summed E-state index contributed by atoms with van der Waals surface area (Å²) in [5, 5.41) is 4.23. The van der Waals surface area contributed by atoms with Crippen LogP contribution in [0.15, 0.2) is 104 Å². The summed E-state index contributed by atoms with van der Waals surface area (Å²) in [5.41, 5.74) is 0. The molecule has 0 radical (unpaired) electrons. The third-order valence-corrected chi connectivity index (χ3v) is 8.34. The summed E-state index contributed by atoms with van der Waals surface area (Å²) < 4.78 is 0. The molecule has 2 heteroatoms. The molecule has 0 amide bonds. The van der Waals surface area contributed by atoms with Gasteiger partial charge in [-0.05, 0) is 36.4 Å². The SMILES string of the molecule is C=CC[P+](c1ccccc1)(c1ccccc1)c1ccccc1.S. The Hall–Kier alpha value is -1.82. The molecule has 0 nitrogen and oxygen atoms in total. The first-order valence-electron chi connectivity index (χ1n) is 7.54. The van der Waals surface area contributed by atoms with Gasteiger partial charge in [-0.25, -0.2) is 0 Å². The third kappa shape index (κ3) is 3.42. The normalized spacial score (nSPS) is 10.6. The lowest BCUT2D eigenvalue weighted by Gasteiger charge is -2.26. The average Bonchev–Trinajstić information content (AvgIpc) is 2.62. The van der Waals surface area contributed by atoms with Crippen molar-refractivity contribution in [2.45, 2.75) is 0 Å². The number of allylic oxidation sites excluding steroid dienone is 1. The zero-order chi connectivity index (χ0) is 15.3. The summed E-state index contributed by atoms with van der Waals surface area (Å²) in [7, 11) is -1.67. The summed E-state index contributed by atoms with van der Waals surface area (Å²) in [4.78, 5) is 0. The van der Waals surface area contributed by atoms with Crippen molar-refractivity contribution in [2.75, 3.05) is 6.16 Å². The van der Waals surface area contributed by atoms with Crippen molar-refractivity contribution in [3.8, 4) is 0 Å². The Morgan fingerprint density at radius 1 is 0.609 bits per heavy atom. The second kappa shape index (κ2) is 8.15. The minimum atomic E-state index is -1.67. The first-order chi connectivity index (χ1) is 10.9. The summed E-state index contributed by atoms with van der Waals surface area (Å²) >= 11 is 0. The molecule has 0 fully saturated rings. The predicted molar refractivity (Wildman–Crippen MR) is 111 cm³/mol. The Labute approximate surface area is 146 Å². The van der Waals surface area contributed by atoms with E-state index in [1.807, 2.05) is 0 Å². The minimum absolute atomic E-state index is 0. The van der Waals surface area contributed by atoms with Gasteiger partial charge in [0.25, 0.3) is 0 Å². The van der Waals surface area contributed by atoms with Crippen molar-refractivity contribution < 1.29 is 0 Å². The molecule has 3 aromatic carbocycles. The molecular weight excluding hydrogens is 315 g/mol. The van der Waals surface area contributed by atoms with Crippen molar-refractivity contribution in [2.24, 2.45) is 0 Å². The molecule has 0 aliphatic carbocycles. The van der Waals surface area contributed by atoms with Crippen LogP contribution in [0.1, 0.15) is 0 Å². The van der Waals surface area contributed by atoms with Gasteiger partial charge in [-0.15, -0.1) is 0 Å². The highest BCUT2D eigenvalue weighted by Gasteiger charge is 2.43. The van der Waals surface area contributed by atoms with E-state index in [0.717, 1.165) is 6.16 Å².